The molecule has 3 rings (SSSR count). The van der Waals surface area contributed by atoms with Crippen molar-refractivity contribution in [2.45, 2.75) is 26.5 Å². The van der Waals surface area contributed by atoms with Gasteiger partial charge >= 0.3 is 0 Å². The zero-order valence-electron chi connectivity index (χ0n) is 16.3. The molecule has 1 N–H and O–H groups in total. The van der Waals surface area contributed by atoms with E-state index in [2.05, 4.69) is 10.4 Å². The molecule has 0 spiro atoms. The summed E-state index contributed by atoms with van der Waals surface area (Å²) in [7, 11) is 0. The number of carbonyl (C=O) groups excluding carboxylic acids is 1. The molecule has 1 heterocycles. The molecule has 0 bridgehead atoms. The van der Waals surface area contributed by atoms with Crippen molar-refractivity contribution in [2.24, 2.45) is 0 Å². The second-order valence-electron chi connectivity index (χ2n) is 6.73. The highest BCUT2D eigenvalue weighted by molar-refractivity contribution is 6.30. The van der Waals surface area contributed by atoms with Gasteiger partial charge in [-0.2, -0.15) is 5.10 Å². The quantitative estimate of drug-likeness (QED) is 0.642. The van der Waals surface area contributed by atoms with Gasteiger partial charge in [-0.1, -0.05) is 23.7 Å². The molecule has 0 saturated heterocycles. The van der Waals surface area contributed by atoms with E-state index in [0.717, 1.165) is 5.56 Å². The molecule has 29 heavy (non-hydrogen) atoms. The maximum absolute atomic E-state index is 12.3. The average Bonchev–Trinajstić information content (AvgIpc) is 2.70. The number of amides is 1. The van der Waals surface area contributed by atoms with Crippen molar-refractivity contribution < 1.29 is 9.53 Å². The van der Waals surface area contributed by atoms with Crippen molar-refractivity contribution >= 4 is 17.5 Å². The Hall–Kier alpha value is -3.12. The van der Waals surface area contributed by atoms with E-state index in [4.69, 9.17) is 16.3 Å². The number of benzene rings is 2. The molecule has 2 aromatic carbocycles. The van der Waals surface area contributed by atoms with Crippen LogP contribution in [-0.4, -0.2) is 28.3 Å². The van der Waals surface area contributed by atoms with Crippen LogP contribution in [0.15, 0.2) is 65.5 Å². The van der Waals surface area contributed by atoms with Crippen LogP contribution in [0, 0.1) is 0 Å². The van der Waals surface area contributed by atoms with Gasteiger partial charge < -0.3 is 10.1 Å². The normalized spacial score (nSPS) is 10.8. The van der Waals surface area contributed by atoms with E-state index in [1.165, 1.54) is 10.7 Å². The van der Waals surface area contributed by atoms with Crippen molar-refractivity contribution in [3.8, 4) is 17.0 Å². The Bertz CT molecular complexity index is 1030. The lowest BCUT2D eigenvalue weighted by Gasteiger charge is -2.11. The van der Waals surface area contributed by atoms with Crippen LogP contribution in [0.25, 0.3) is 11.3 Å². The number of hydrogen-bond acceptors (Lipinski definition) is 4. The van der Waals surface area contributed by atoms with E-state index in [0.29, 0.717) is 22.0 Å². The van der Waals surface area contributed by atoms with Gasteiger partial charge in [-0.3, -0.25) is 9.59 Å². The first-order chi connectivity index (χ1) is 13.9. The number of nitrogens with zero attached hydrogens (tertiary/aromatic N) is 2. The SMILES string of the molecule is CC(C)Oc1ccc(C(=O)NCCn2nc(-c3ccc(Cl)cc3)ccc2=O)cc1. The van der Waals surface area contributed by atoms with Crippen LogP contribution in [0.1, 0.15) is 24.2 Å². The molecule has 150 valence electrons. The zero-order chi connectivity index (χ0) is 20.8. The van der Waals surface area contributed by atoms with E-state index in [1.54, 1.807) is 42.5 Å². The molecule has 0 fully saturated rings. The highest BCUT2D eigenvalue weighted by atomic mass is 35.5. The molecule has 0 aliphatic heterocycles. The molecule has 1 aromatic heterocycles. The van der Waals surface area contributed by atoms with E-state index >= 15 is 0 Å². The summed E-state index contributed by atoms with van der Waals surface area (Å²) in [6.07, 6.45) is 0.0733. The monoisotopic (exact) mass is 411 g/mol. The lowest BCUT2D eigenvalue weighted by molar-refractivity contribution is 0.0951. The van der Waals surface area contributed by atoms with Crippen LogP contribution in [0.5, 0.6) is 5.75 Å². The molecule has 0 atom stereocenters. The summed E-state index contributed by atoms with van der Waals surface area (Å²) in [5.74, 6) is 0.495. The molecule has 7 heteroatoms. The van der Waals surface area contributed by atoms with Crippen molar-refractivity contribution in [1.29, 1.82) is 0 Å². The predicted molar refractivity (Wildman–Crippen MR) is 113 cm³/mol. The number of aromatic nitrogens is 2. The van der Waals surface area contributed by atoms with Crippen molar-refractivity contribution in [3.05, 3.63) is 81.6 Å². The van der Waals surface area contributed by atoms with E-state index in [1.807, 2.05) is 26.0 Å². The second kappa shape index (κ2) is 9.39. The number of rotatable bonds is 7. The molecule has 0 aliphatic carbocycles. The third-order valence-electron chi connectivity index (χ3n) is 4.10. The Morgan fingerprint density at radius 2 is 1.76 bits per heavy atom. The second-order valence-corrected chi connectivity index (χ2v) is 7.17. The minimum Gasteiger partial charge on any atom is -0.491 e. The fourth-order valence-corrected chi connectivity index (χ4v) is 2.84. The number of carbonyl (C=O) groups is 1. The number of nitrogens with one attached hydrogen (secondary N) is 1. The summed E-state index contributed by atoms with van der Waals surface area (Å²) in [6.45, 7) is 4.43. The highest BCUT2D eigenvalue weighted by Crippen LogP contribution is 2.18. The lowest BCUT2D eigenvalue weighted by Crippen LogP contribution is -2.31. The van der Waals surface area contributed by atoms with Gasteiger partial charge in [-0.15, -0.1) is 0 Å². The van der Waals surface area contributed by atoms with Gasteiger partial charge in [0.15, 0.2) is 0 Å². The maximum Gasteiger partial charge on any atom is 0.266 e. The van der Waals surface area contributed by atoms with Crippen LogP contribution >= 0.6 is 11.6 Å². The Morgan fingerprint density at radius 3 is 2.41 bits per heavy atom. The number of hydrogen-bond donors (Lipinski definition) is 1. The smallest absolute Gasteiger partial charge is 0.266 e. The van der Waals surface area contributed by atoms with Gasteiger partial charge in [0.1, 0.15) is 5.75 Å². The van der Waals surface area contributed by atoms with Crippen molar-refractivity contribution in [2.75, 3.05) is 6.54 Å². The van der Waals surface area contributed by atoms with E-state index in [-0.39, 0.29) is 30.7 Å². The van der Waals surface area contributed by atoms with Crippen molar-refractivity contribution in [3.63, 3.8) is 0 Å². The molecule has 6 nitrogen and oxygen atoms in total. The fraction of sp³-hybridized carbons (Fsp3) is 0.227. The lowest BCUT2D eigenvalue weighted by atomic mass is 10.1. The first-order valence-electron chi connectivity index (χ1n) is 9.31. The topological polar surface area (TPSA) is 73.2 Å². The standard InChI is InChI=1S/C22H22ClN3O3/c1-15(2)29-19-9-5-17(6-10-19)22(28)24-13-14-26-21(27)12-11-20(25-26)16-3-7-18(23)8-4-16/h3-12,15H,13-14H2,1-2H3,(H,24,28). The summed E-state index contributed by atoms with van der Waals surface area (Å²) in [4.78, 5) is 24.4. The summed E-state index contributed by atoms with van der Waals surface area (Å²) < 4.78 is 6.91. The largest absolute Gasteiger partial charge is 0.491 e. The van der Waals surface area contributed by atoms with E-state index < -0.39 is 0 Å². The molecule has 0 saturated carbocycles. The van der Waals surface area contributed by atoms with Crippen LogP contribution in [0.4, 0.5) is 0 Å². The summed E-state index contributed by atoms with van der Waals surface area (Å²) >= 11 is 5.91. The first kappa shape index (κ1) is 20.6. The van der Waals surface area contributed by atoms with Gasteiger partial charge in [-0.25, -0.2) is 4.68 Å². The van der Waals surface area contributed by atoms with E-state index in [9.17, 15) is 9.59 Å². The number of ether oxygens (including phenoxy) is 1. The maximum atomic E-state index is 12.3. The minimum absolute atomic E-state index is 0.0733. The van der Waals surface area contributed by atoms with Gasteiger partial charge in [0, 0.05) is 28.8 Å². The van der Waals surface area contributed by atoms with Crippen molar-refractivity contribution in [1.82, 2.24) is 15.1 Å². The van der Waals surface area contributed by atoms with Crippen LogP contribution in [0.3, 0.4) is 0 Å². The minimum atomic E-state index is -0.229. The first-order valence-corrected chi connectivity index (χ1v) is 9.69. The third kappa shape index (κ3) is 5.68. The van der Waals surface area contributed by atoms with Crippen LogP contribution in [0.2, 0.25) is 5.02 Å². The Kier molecular flexibility index (Phi) is 6.67. The Balaban J connectivity index is 1.61. The summed E-state index contributed by atoms with van der Waals surface area (Å²) in [6, 6.07) is 17.3. The van der Waals surface area contributed by atoms with Crippen LogP contribution < -0.4 is 15.6 Å². The van der Waals surface area contributed by atoms with Crippen LogP contribution in [-0.2, 0) is 6.54 Å². The molecule has 0 unspecified atom stereocenters. The fourth-order valence-electron chi connectivity index (χ4n) is 2.72. The molecule has 3 aromatic rings. The third-order valence-corrected chi connectivity index (χ3v) is 4.36. The summed E-state index contributed by atoms with van der Waals surface area (Å²) in [5, 5.41) is 7.81. The van der Waals surface area contributed by atoms with Gasteiger partial charge in [-0.05, 0) is 56.3 Å². The van der Waals surface area contributed by atoms with Gasteiger partial charge in [0.2, 0.25) is 0 Å². The molecular weight excluding hydrogens is 390 g/mol. The van der Waals surface area contributed by atoms with Gasteiger partial charge in [0.05, 0.1) is 18.3 Å². The molecule has 0 radical (unpaired) electrons. The number of halogens is 1. The molecular formula is C22H22ClN3O3. The molecule has 1 amide bonds. The average molecular weight is 412 g/mol. The highest BCUT2D eigenvalue weighted by Gasteiger charge is 2.08. The Morgan fingerprint density at radius 1 is 1.07 bits per heavy atom. The predicted octanol–water partition coefficient (Wildman–Crippen LogP) is 3.78. The summed E-state index contributed by atoms with van der Waals surface area (Å²) in [5.41, 5.74) is 1.81. The zero-order valence-corrected chi connectivity index (χ0v) is 17.0. The Labute approximate surface area is 174 Å². The van der Waals surface area contributed by atoms with Gasteiger partial charge in [0.25, 0.3) is 11.5 Å². The molecule has 0 aliphatic rings.